The van der Waals surface area contributed by atoms with Crippen LogP contribution >= 0.6 is 0 Å². The molecule has 19 heteroatoms. The van der Waals surface area contributed by atoms with E-state index in [0.29, 0.717) is 12.8 Å². The number of hydrogen-bond acceptors (Lipinski definition) is 18. The number of unbranched alkanes of at least 4 members (excludes halogenated alkanes) is 23. The van der Waals surface area contributed by atoms with E-state index in [2.05, 4.69) is 116 Å². The van der Waals surface area contributed by atoms with Crippen molar-refractivity contribution in [3.63, 3.8) is 0 Å². The number of ether oxygens (including phenoxy) is 6. The van der Waals surface area contributed by atoms with Crippen molar-refractivity contribution in [2.45, 2.75) is 336 Å². The second kappa shape index (κ2) is 56.2. The van der Waals surface area contributed by atoms with Crippen molar-refractivity contribution in [2.75, 3.05) is 26.4 Å². The van der Waals surface area contributed by atoms with Crippen molar-refractivity contribution < 1.29 is 89.4 Å². The van der Waals surface area contributed by atoms with Crippen LogP contribution in [0.15, 0.2) is 109 Å². The van der Waals surface area contributed by atoms with Gasteiger partial charge in [0.2, 0.25) is 5.91 Å². The molecule has 0 spiro atoms. The van der Waals surface area contributed by atoms with Gasteiger partial charge in [-0.15, -0.1) is 0 Å². The van der Waals surface area contributed by atoms with Gasteiger partial charge in [0.15, 0.2) is 18.9 Å². The molecule has 3 fully saturated rings. The summed E-state index contributed by atoms with van der Waals surface area (Å²) in [5, 5.41) is 121. The Morgan fingerprint density at radius 2 is 0.737 bits per heavy atom. The molecule has 95 heavy (non-hydrogen) atoms. The molecule has 546 valence electrons. The number of nitrogens with one attached hydrogen (secondary N) is 1. The van der Waals surface area contributed by atoms with Gasteiger partial charge in [-0.2, -0.15) is 0 Å². The third kappa shape index (κ3) is 37.5. The molecular weight excluding hydrogens is 1210 g/mol. The highest BCUT2D eigenvalue weighted by atomic mass is 16.8. The van der Waals surface area contributed by atoms with E-state index in [0.717, 1.165) is 83.5 Å². The van der Waals surface area contributed by atoms with Gasteiger partial charge in [0, 0.05) is 6.42 Å². The van der Waals surface area contributed by atoms with Crippen LogP contribution in [0, 0.1) is 0 Å². The average Bonchev–Trinajstić information content (AvgIpc) is 0.787. The second-order valence-electron chi connectivity index (χ2n) is 25.7. The molecule has 19 nitrogen and oxygen atoms in total. The highest BCUT2D eigenvalue weighted by Crippen LogP contribution is 2.33. The zero-order valence-electron chi connectivity index (χ0n) is 57.9. The third-order valence-corrected chi connectivity index (χ3v) is 17.6. The number of hydrogen-bond donors (Lipinski definition) is 12. The molecule has 0 aliphatic carbocycles. The summed E-state index contributed by atoms with van der Waals surface area (Å²) in [7, 11) is 0. The van der Waals surface area contributed by atoms with Crippen LogP contribution in [-0.2, 0) is 33.2 Å². The van der Waals surface area contributed by atoms with Crippen LogP contribution in [0.3, 0.4) is 0 Å². The van der Waals surface area contributed by atoms with E-state index < -0.39 is 124 Å². The number of aliphatic hydroxyl groups excluding tert-OH is 11. The van der Waals surface area contributed by atoms with Gasteiger partial charge in [-0.25, -0.2) is 0 Å². The van der Waals surface area contributed by atoms with E-state index in [1.54, 1.807) is 6.08 Å². The average molecular weight is 1340 g/mol. The molecule has 0 saturated carbocycles. The monoisotopic (exact) mass is 1340 g/mol. The number of carbonyl (C=O) groups is 1. The number of rotatable bonds is 55. The lowest BCUT2D eigenvalue weighted by atomic mass is 9.96. The molecule has 0 radical (unpaired) electrons. The maximum atomic E-state index is 13.4. The number of aliphatic hydroxyl groups is 11. The third-order valence-electron chi connectivity index (χ3n) is 17.6. The molecule has 0 aromatic carbocycles. The molecule has 12 N–H and O–H groups in total. The van der Waals surface area contributed by atoms with Gasteiger partial charge in [-0.1, -0.05) is 245 Å². The van der Waals surface area contributed by atoms with Crippen molar-refractivity contribution in [3.05, 3.63) is 109 Å². The van der Waals surface area contributed by atoms with Gasteiger partial charge in [0.1, 0.15) is 73.2 Å². The zero-order chi connectivity index (χ0) is 68.9. The summed E-state index contributed by atoms with van der Waals surface area (Å²) in [6.07, 6.45) is 49.2. The lowest BCUT2D eigenvalue weighted by Crippen LogP contribution is -2.66. The van der Waals surface area contributed by atoms with Crippen molar-refractivity contribution in [2.24, 2.45) is 0 Å². The number of amides is 1. The van der Waals surface area contributed by atoms with Crippen LogP contribution in [0.1, 0.15) is 232 Å². The Hall–Kier alpha value is -3.55. The largest absolute Gasteiger partial charge is 0.394 e. The standard InChI is InChI=1S/C76H129NO18/c1-3-5-7-9-11-13-15-17-19-21-23-25-27-29-31-33-35-37-39-41-43-45-47-49-51-53-60(81)59(77-64(82)54-52-50-48-46-44-42-40-38-36-34-32-30-28-26-24-22-20-18-16-14-12-10-8-6-4-2)58-90-74-70(88)67(85)72(62(56-79)92-74)95-76-71(89)68(86)73(63(57-80)93-76)94-75-69(87)66(84)65(83)61(55-78)91-75/h6,8,12,14,18,20,24,26,30,32,36,38,42-45,51,53,59-63,65-76,78-81,83-89H,3-5,7,9-11,13,15-17,19,21-23,25,27-29,31,33-35,37,39-41,46-50,52,54-58H2,1-2H3,(H,77,82)/b8-6-,14-12-,20-18-,26-24-,32-30-,38-36-,44-42-,45-43+,53-51+. The topological polar surface area (TPSA) is 307 Å². The van der Waals surface area contributed by atoms with E-state index >= 15 is 0 Å². The maximum Gasteiger partial charge on any atom is 0.220 e. The highest BCUT2D eigenvalue weighted by molar-refractivity contribution is 5.76. The fraction of sp³-hybridized carbons (Fsp3) is 0.750. The van der Waals surface area contributed by atoms with E-state index in [1.165, 1.54) is 116 Å². The van der Waals surface area contributed by atoms with Crippen LogP contribution in [0.4, 0.5) is 0 Å². The first-order valence-electron chi connectivity index (χ1n) is 36.6. The molecule has 3 rings (SSSR count). The minimum Gasteiger partial charge on any atom is -0.394 e. The quantitative estimate of drug-likeness (QED) is 0.0199. The molecule has 0 aromatic heterocycles. The SMILES string of the molecule is CC/C=C\C/C=C\C/C=C\C/C=C\C/C=C\C/C=C\C/C=C\CCCCCC(=O)NC(COC1OC(CO)C(OC2OC(CO)C(OC3OC(CO)C(O)C(O)C3O)C(O)C2O)C(O)C1O)C(O)/C=C/CC/C=C/CCCCCCCCCCCCCCCCCCCCC. The van der Waals surface area contributed by atoms with Crippen LogP contribution < -0.4 is 5.32 Å². The summed E-state index contributed by atoms with van der Waals surface area (Å²) in [6.45, 7) is 1.58. The van der Waals surface area contributed by atoms with Crippen molar-refractivity contribution in [1.29, 1.82) is 0 Å². The summed E-state index contributed by atoms with van der Waals surface area (Å²) in [6, 6.07) is -1.02. The Balaban J connectivity index is 1.46. The molecule has 0 aromatic rings. The molecule has 17 atom stereocenters. The molecule has 17 unspecified atom stereocenters. The van der Waals surface area contributed by atoms with Crippen molar-refractivity contribution in [3.8, 4) is 0 Å². The first kappa shape index (κ1) is 85.7. The fourth-order valence-corrected chi connectivity index (χ4v) is 11.7. The Morgan fingerprint density at radius 3 is 1.18 bits per heavy atom. The Morgan fingerprint density at radius 1 is 0.389 bits per heavy atom. The smallest absolute Gasteiger partial charge is 0.220 e. The van der Waals surface area contributed by atoms with E-state index in [1.807, 2.05) is 6.08 Å². The van der Waals surface area contributed by atoms with E-state index in [9.17, 15) is 61.0 Å². The van der Waals surface area contributed by atoms with Gasteiger partial charge >= 0.3 is 0 Å². The first-order valence-corrected chi connectivity index (χ1v) is 36.6. The molecule has 3 aliphatic heterocycles. The Labute approximate surface area is 570 Å². The minimum atomic E-state index is -1.99. The summed E-state index contributed by atoms with van der Waals surface area (Å²) >= 11 is 0. The van der Waals surface area contributed by atoms with Gasteiger partial charge in [0.25, 0.3) is 0 Å². The van der Waals surface area contributed by atoms with Gasteiger partial charge in [-0.3, -0.25) is 4.79 Å². The molecule has 3 saturated heterocycles. The van der Waals surface area contributed by atoms with E-state index in [4.69, 9.17) is 28.4 Å². The van der Waals surface area contributed by atoms with Crippen LogP contribution in [0.5, 0.6) is 0 Å². The predicted molar refractivity (Wildman–Crippen MR) is 374 cm³/mol. The summed E-state index contributed by atoms with van der Waals surface area (Å²) in [4.78, 5) is 13.4. The van der Waals surface area contributed by atoms with Crippen molar-refractivity contribution >= 4 is 5.91 Å². The number of carbonyl (C=O) groups excluding carboxylic acids is 1. The second-order valence-corrected chi connectivity index (χ2v) is 25.7. The molecular formula is C76H129NO18. The molecule has 3 heterocycles. The summed E-state index contributed by atoms with van der Waals surface area (Å²) in [5.74, 6) is -0.320. The Kier molecular flexibility index (Phi) is 50.7. The molecule has 0 bridgehead atoms. The molecule has 3 aliphatic rings. The first-order chi connectivity index (χ1) is 46.3. The van der Waals surface area contributed by atoms with Crippen LogP contribution in [-0.4, -0.2) is 193 Å². The fourth-order valence-electron chi connectivity index (χ4n) is 11.7. The molecule has 1 amide bonds. The van der Waals surface area contributed by atoms with E-state index in [-0.39, 0.29) is 18.9 Å². The number of allylic oxidation sites excluding steroid dienone is 17. The van der Waals surface area contributed by atoms with Gasteiger partial charge < -0.3 is 89.9 Å². The lowest BCUT2D eigenvalue weighted by molar-refractivity contribution is -0.379. The Bertz CT molecular complexity index is 2140. The summed E-state index contributed by atoms with van der Waals surface area (Å²) < 4.78 is 34.3. The van der Waals surface area contributed by atoms with Crippen molar-refractivity contribution in [1.82, 2.24) is 5.32 Å². The zero-order valence-corrected chi connectivity index (χ0v) is 57.9. The van der Waals surface area contributed by atoms with Gasteiger partial charge in [0.05, 0.1) is 38.6 Å². The summed E-state index contributed by atoms with van der Waals surface area (Å²) in [5.41, 5.74) is 0. The lowest BCUT2D eigenvalue weighted by Gasteiger charge is -2.48. The normalized spacial score (nSPS) is 27.9. The maximum absolute atomic E-state index is 13.4. The van der Waals surface area contributed by atoms with Gasteiger partial charge in [-0.05, 0) is 89.9 Å². The predicted octanol–water partition coefficient (Wildman–Crippen LogP) is 10.6. The van der Waals surface area contributed by atoms with Crippen LogP contribution in [0.25, 0.3) is 0 Å². The highest BCUT2D eigenvalue weighted by Gasteiger charge is 2.53. The minimum absolute atomic E-state index is 0.188. The van der Waals surface area contributed by atoms with Crippen LogP contribution in [0.2, 0.25) is 0 Å².